The Hall–Kier alpha value is -0.200. The Morgan fingerprint density at radius 3 is 1.43 bits per heavy atom. The SMILES string of the molecule is CCCOCOCCCC[N]CCCCOCOCCC. The number of ether oxygens (including phenoxy) is 4. The van der Waals surface area contributed by atoms with Gasteiger partial charge >= 0.3 is 0 Å². The van der Waals surface area contributed by atoms with Crippen molar-refractivity contribution in [3.63, 3.8) is 0 Å². The molecule has 0 atom stereocenters. The highest BCUT2D eigenvalue weighted by Crippen LogP contribution is 1.93. The van der Waals surface area contributed by atoms with E-state index >= 15 is 0 Å². The van der Waals surface area contributed by atoms with E-state index in [-0.39, 0.29) is 0 Å². The summed E-state index contributed by atoms with van der Waals surface area (Å²) in [7, 11) is 0. The van der Waals surface area contributed by atoms with Gasteiger partial charge in [-0.2, -0.15) is 0 Å². The van der Waals surface area contributed by atoms with Crippen LogP contribution in [0.1, 0.15) is 52.4 Å². The second kappa shape index (κ2) is 19.8. The van der Waals surface area contributed by atoms with Crippen LogP contribution in [0.3, 0.4) is 0 Å². The van der Waals surface area contributed by atoms with Crippen molar-refractivity contribution in [2.75, 3.05) is 53.1 Å². The molecule has 0 unspecified atom stereocenters. The molecular formula is C16H34NO4. The van der Waals surface area contributed by atoms with Crippen molar-refractivity contribution in [2.45, 2.75) is 52.4 Å². The first-order valence-electron chi connectivity index (χ1n) is 8.36. The minimum atomic E-state index is 0.424. The van der Waals surface area contributed by atoms with Crippen LogP contribution in [-0.2, 0) is 18.9 Å². The van der Waals surface area contributed by atoms with Crippen LogP contribution in [0.15, 0.2) is 0 Å². The molecule has 0 aliphatic rings. The van der Waals surface area contributed by atoms with Gasteiger partial charge in [0, 0.05) is 39.5 Å². The summed E-state index contributed by atoms with van der Waals surface area (Å²) in [4.78, 5) is 0. The summed E-state index contributed by atoms with van der Waals surface area (Å²) in [5.74, 6) is 0. The maximum absolute atomic E-state index is 5.34. The van der Waals surface area contributed by atoms with Crippen LogP contribution < -0.4 is 5.32 Å². The summed E-state index contributed by atoms with van der Waals surface area (Å²) in [6.45, 7) is 9.99. The molecule has 127 valence electrons. The molecule has 0 saturated heterocycles. The van der Waals surface area contributed by atoms with Crippen molar-refractivity contribution in [2.24, 2.45) is 0 Å². The molecule has 0 spiro atoms. The predicted molar refractivity (Wildman–Crippen MR) is 84.5 cm³/mol. The number of hydrogen-bond donors (Lipinski definition) is 0. The highest BCUT2D eigenvalue weighted by molar-refractivity contribution is 4.48. The minimum absolute atomic E-state index is 0.424. The maximum atomic E-state index is 5.34. The molecule has 0 bridgehead atoms. The summed E-state index contributed by atoms with van der Waals surface area (Å²) < 4.78 is 21.1. The fourth-order valence-corrected chi connectivity index (χ4v) is 1.61. The molecule has 0 amide bonds. The molecule has 0 rings (SSSR count). The molecule has 1 radical (unpaired) electrons. The Balaban J connectivity index is 2.90. The number of hydrogen-bond acceptors (Lipinski definition) is 4. The van der Waals surface area contributed by atoms with Gasteiger partial charge in [-0.25, -0.2) is 5.32 Å². The van der Waals surface area contributed by atoms with Gasteiger partial charge in [-0.1, -0.05) is 13.8 Å². The highest BCUT2D eigenvalue weighted by atomic mass is 16.7. The summed E-state index contributed by atoms with van der Waals surface area (Å²) >= 11 is 0. The van der Waals surface area contributed by atoms with Gasteiger partial charge in [-0.15, -0.1) is 0 Å². The lowest BCUT2D eigenvalue weighted by atomic mass is 10.3. The molecule has 0 aromatic rings. The standard InChI is InChI=1S/C16H34NO4/c1-3-11-18-15-20-13-7-5-9-17-10-6-8-14-21-16-19-12-4-2/h3-16H2,1-2H3. The van der Waals surface area contributed by atoms with Crippen molar-refractivity contribution < 1.29 is 18.9 Å². The van der Waals surface area contributed by atoms with Gasteiger partial charge < -0.3 is 18.9 Å². The van der Waals surface area contributed by atoms with Crippen LogP contribution in [0.4, 0.5) is 0 Å². The summed E-state index contributed by atoms with van der Waals surface area (Å²) in [5, 5.41) is 4.49. The van der Waals surface area contributed by atoms with Gasteiger partial charge in [0.2, 0.25) is 0 Å². The van der Waals surface area contributed by atoms with Crippen LogP contribution in [-0.4, -0.2) is 53.1 Å². The second-order valence-corrected chi connectivity index (χ2v) is 4.95. The quantitative estimate of drug-likeness (QED) is 0.288. The van der Waals surface area contributed by atoms with Crippen molar-refractivity contribution in [3.8, 4) is 0 Å². The highest BCUT2D eigenvalue weighted by Gasteiger charge is 1.94. The molecule has 0 aromatic carbocycles. The Labute approximate surface area is 130 Å². The summed E-state index contributed by atoms with van der Waals surface area (Å²) in [6.07, 6.45) is 6.37. The third-order valence-electron chi connectivity index (χ3n) is 2.74. The molecule has 0 heterocycles. The molecule has 0 saturated carbocycles. The first-order chi connectivity index (χ1) is 10.4. The van der Waals surface area contributed by atoms with Crippen LogP contribution in [0.5, 0.6) is 0 Å². The van der Waals surface area contributed by atoms with Crippen LogP contribution in [0.2, 0.25) is 0 Å². The van der Waals surface area contributed by atoms with E-state index in [2.05, 4.69) is 19.2 Å². The first-order valence-corrected chi connectivity index (χ1v) is 8.36. The zero-order chi connectivity index (χ0) is 15.4. The van der Waals surface area contributed by atoms with E-state index in [1.54, 1.807) is 0 Å². The van der Waals surface area contributed by atoms with E-state index < -0.39 is 0 Å². The molecule has 0 N–H and O–H groups in total. The van der Waals surface area contributed by atoms with E-state index in [1.807, 2.05) is 0 Å². The van der Waals surface area contributed by atoms with Gasteiger partial charge in [0.1, 0.15) is 13.6 Å². The minimum Gasteiger partial charge on any atom is -0.355 e. The van der Waals surface area contributed by atoms with Gasteiger partial charge in [0.05, 0.1) is 0 Å². The number of unbranched alkanes of at least 4 members (excludes halogenated alkanes) is 2. The molecule has 0 fully saturated rings. The average molecular weight is 304 g/mol. The third-order valence-corrected chi connectivity index (χ3v) is 2.74. The summed E-state index contributed by atoms with van der Waals surface area (Å²) in [5.41, 5.74) is 0. The Kier molecular flexibility index (Phi) is 19.6. The van der Waals surface area contributed by atoms with Gasteiger partial charge in [-0.05, 0) is 38.5 Å². The van der Waals surface area contributed by atoms with Crippen molar-refractivity contribution in [1.82, 2.24) is 5.32 Å². The van der Waals surface area contributed by atoms with Crippen molar-refractivity contribution in [3.05, 3.63) is 0 Å². The zero-order valence-electron chi connectivity index (χ0n) is 14.0. The fraction of sp³-hybridized carbons (Fsp3) is 1.00. The topological polar surface area (TPSA) is 51.0 Å². The number of nitrogens with zero attached hydrogens (tertiary/aromatic N) is 1. The van der Waals surface area contributed by atoms with Gasteiger partial charge in [-0.3, -0.25) is 0 Å². The van der Waals surface area contributed by atoms with Gasteiger partial charge in [0.25, 0.3) is 0 Å². The molecule has 5 heteroatoms. The lowest BCUT2D eigenvalue weighted by Gasteiger charge is -2.06. The second-order valence-electron chi connectivity index (χ2n) is 4.95. The van der Waals surface area contributed by atoms with Crippen LogP contribution in [0.25, 0.3) is 0 Å². The van der Waals surface area contributed by atoms with E-state index in [0.29, 0.717) is 13.6 Å². The van der Waals surface area contributed by atoms with Crippen molar-refractivity contribution >= 4 is 0 Å². The third kappa shape index (κ3) is 19.8. The molecule has 0 aliphatic heterocycles. The van der Waals surface area contributed by atoms with E-state index in [4.69, 9.17) is 18.9 Å². The van der Waals surface area contributed by atoms with E-state index in [0.717, 1.165) is 78.0 Å². The Morgan fingerprint density at radius 1 is 0.571 bits per heavy atom. The average Bonchev–Trinajstić information content (AvgIpc) is 2.50. The van der Waals surface area contributed by atoms with Crippen LogP contribution >= 0.6 is 0 Å². The predicted octanol–water partition coefficient (Wildman–Crippen LogP) is 2.95. The normalized spacial score (nSPS) is 11.1. The molecule has 5 nitrogen and oxygen atoms in total. The molecule has 0 aromatic heterocycles. The fourth-order valence-electron chi connectivity index (χ4n) is 1.61. The van der Waals surface area contributed by atoms with E-state index in [1.165, 1.54) is 0 Å². The molecule has 0 aliphatic carbocycles. The van der Waals surface area contributed by atoms with Crippen molar-refractivity contribution in [1.29, 1.82) is 0 Å². The molecular weight excluding hydrogens is 270 g/mol. The lowest BCUT2D eigenvalue weighted by Crippen LogP contribution is -2.11. The maximum Gasteiger partial charge on any atom is 0.146 e. The lowest BCUT2D eigenvalue weighted by molar-refractivity contribution is -0.0543. The largest absolute Gasteiger partial charge is 0.355 e. The van der Waals surface area contributed by atoms with Crippen LogP contribution in [0, 0.1) is 0 Å². The van der Waals surface area contributed by atoms with E-state index in [9.17, 15) is 0 Å². The monoisotopic (exact) mass is 304 g/mol. The number of rotatable bonds is 18. The molecule has 21 heavy (non-hydrogen) atoms. The van der Waals surface area contributed by atoms with Gasteiger partial charge in [0.15, 0.2) is 0 Å². The zero-order valence-corrected chi connectivity index (χ0v) is 14.0. The Morgan fingerprint density at radius 2 is 1.00 bits per heavy atom. The smallest absolute Gasteiger partial charge is 0.146 e. The first kappa shape index (κ1) is 20.8. The Bertz CT molecular complexity index is 164. The summed E-state index contributed by atoms with van der Waals surface area (Å²) in [6, 6.07) is 0.